The molecule has 0 saturated heterocycles. The molecule has 3 rings (SSSR count). The second-order valence-electron chi connectivity index (χ2n) is 4.69. The fourth-order valence-corrected chi connectivity index (χ4v) is 2.97. The molecule has 4 heteroatoms. The molecule has 0 fully saturated rings. The minimum absolute atomic E-state index is 0.662. The van der Waals surface area contributed by atoms with E-state index in [2.05, 4.69) is 18.0 Å². The van der Waals surface area contributed by atoms with Crippen LogP contribution in [0.15, 0.2) is 36.4 Å². The number of aromatic amines is 1. The standard InChI is InChI=1S/C15H13ClN2S/c1-9-6-7-13(11(16)8-9)18-14-10(2)4-3-5-12(14)17-15(18)19/h3-8H,1-2H3,(H,17,19). The molecule has 1 N–H and O–H groups in total. The number of H-pyrrole nitrogens is 1. The number of fused-ring (bicyclic) bond motifs is 1. The lowest BCUT2D eigenvalue weighted by molar-refractivity contribution is 1.06. The van der Waals surface area contributed by atoms with E-state index in [0.29, 0.717) is 9.79 Å². The van der Waals surface area contributed by atoms with E-state index < -0.39 is 0 Å². The Bertz CT molecular complexity index is 830. The third-order valence-electron chi connectivity index (χ3n) is 3.25. The first-order valence-corrected chi connectivity index (χ1v) is 6.83. The van der Waals surface area contributed by atoms with Crippen LogP contribution in [0, 0.1) is 18.6 Å². The summed E-state index contributed by atoms with van der Waals surface area (Å²) in [6, 6.07) is 12.1. The number of aromatic nitrogens is 2. The molecule has 0 aliphatic rings. The van der Waals surface area contributed by atoms with Crippen molar-refractivity contribution in [2.24, 2.45) is 0 Å². The summed E-state index contributed by atoms with van der Waals surface area (Å²) in [4.78, 5) is 3.23. The number of hydrogen-bond donors (Lipinski definition) is 1. The van der Waals surface area contributed by atoms with Gasteiger partial charge in [-0.05, 0) is 55.4 Å². The van der Waals surface area contributed by atoms with Gasteiger partial charge >= 0.3 is 0 Å². The molecule has 0 amide bonds. The monoisotopic (exact) mass is 288 g/mol. The number of nitrogens with one attached hydrogen (secondary N) is 1. The van der Waals surface area contributed by atoms with Crippen LogP contribution in [0.5, 0.6) is 0 Å². The number of nitrogens with zero attached hydrogens (tertiary/aromatic N) is 1. The Balaban J connectivity index is 2.42. The highest BCUT2D eigenvalue weighted by Crippen LogP contribution is 2.27. The van der Waals surface area contributed by atoms with Crippen molar-refractivity contribution in [1.29, 1.82) is 0 Å². The van der Waals surface area contributed by atoms with Crippen LogP contribution in [-0.4, -0.2) is 9.55 Å². The topological polar surface area (TPSA) is 20.7 Å². The van der Waals surface area contributed by atoms with E-state index in [1.54, 1.807) is 0 Å². The van der Waals surface area contributed by atoms with Gasteiger partial charge in [-0.15, -0.1) is 0 Å². The molecule has 0 atom stereocenters. The van der Waals surface area contributed by atoms with E-state index >= 15 is 0 Å². The molecular weight excluding hydrogens is 276 g/mol. The maximum atomic E-state index is 6.36. The Kier molecular flexibility index (Phi) is 2.96. The molecule has 0 radical (unpaired) electrons. The van der Waals surface area contributed by atoms with Crippen molar-refractivity contribution >= 4 is 34.9 Å². The van der Waals surface area contributed by atoms with Gasteiger partial charge in [0.1, 0.15) is 0 Å². The van der Waals surface area contributed by atoms with Crippen molar-refractivity contribution in [1.82, 2.24) is 9.55 Å². The molecule has 3 aromatic rings. The Hall–Kier alpha value is -1.58. The van der Waals surface area contributed by atoms with Crippen LogP contribution in [0.3, 0.4) is 0 Å². The summed E-state index contributed by atoms with van der Waals surface area (Å²) in [7, 11) is 0. The molecule has 0 aliphatic heterocycles. The second kappa shape index (κ2) is 4.51. The van der Waals surface area contributed by atoms with Crippen LogP contribution in [0.4, 0.5) is 0 Å². The SMILES string of the molecule is Cc1ccc(-n2c(=S)[nH]c3cccc(C)c32)c(Cl)c1. The lowest BCUT2D eigenvalue weighted by Crippen LogP contribution is -1.96. The first-order chi connectivity index (χ1) is 9.08. The van der Waals surface area contributed by atoms with Gasteiger partial charge in [0.25, 0.3) is 0 Å². The highest BCUT2D eigenvalue weighted by molar-refractivity contribution is 7.71. The van der Waals surface area contributed by atoms with Crippen molar-refractivity contribution in [2.75, 3.05) is 0 Å². The van der Waals surface area contributed by atoms with Gasteiger partial charge in [0.05, 0.1) is 21.7 Å². The normalized spacial score (nSPS) is 11.1. The molecule has 0 saturated carbocycles. The fraction of sp³-hybridized carbons (Fsp3) is 0.133. The lowest BCUT2D eigenvalue weighted by atomic mass is 10.2. The highest BCUT2D eigenvalue weighted by atomic mass is 35.5. The van der Waals surface area contributed by atoms with Crippen LogP contribution in [0.25, 0.3) is 16.7 Å². The predicted octanol–water partition coefficient (Wildman–Crippen LogP) is 4.96. The molecule has 96 valence electrons. The summed E-state index contributed by atoms with van der Waals surface area (Å²) in [6.45, 7) is 4.10. The number of aryl methyl sites for hydroxylation is 2. The quantitative estimate of drug-likeness (QED) is 0.628. The van der Waals surface area contributed by atoms with Gasteiger partial charge in [-0.2, -0.15) is 0 Å². The number of benzene rings is 2. The maximum Gasteiger partial charge on any atom is 0.182 e. The van der Waals surface area contributed by atoms with Crippen molar-refractivity contribution in [3.63, 3.8) is 0 Å². The number of rotatable bonds is 1. The van der Waals surface area contributed by atoms with Gasteiger partial charge in [0, 0.05) is 0 Å². The smallest absolute Gasteiger partial charge is 0.182 e. The van der Waals surface area contributed by atoms with E-state index in [9.17, 15) is 0 Å². The summed E-state index contributed by atoms with van der Waals surface area (Å²) in [5.41, 5.74) is 5.33. The molecule has 0 spiro atoms. The average Bonchev–Trinajstić information content (AvgIpc) is 2.67. The second-order valence-corrected chi connectivity index (χ2v) is 5.49. The summed E-state index contributed by atoms with van der Waals surface area (Å²) < 4.78 is 2.66. The minimum Gasteiger partial charge on any atom is -0.330 e. The van der Waals surface area contributed by atoms with Gasteiger partial charge in [0.2, 0.25) is 0 Å². The Morgan fingerprint density at radius 2 is 1.95 bits per heavy atom. The van der Waals surface area contributed by atoms with Crippen LogP contribution in [0.2, 0.25) is 5.02 Å². The number of para-hydroxylation sites is 1. The average molecular weight is 289 g/mol. The highest BCUT2D eigenvalue weighted by Gasteiger charge is 2.11. The van der Waals surface area contributed by atoms with Gasteiger partial charge < -0.3 is 4.98 Å². The maximum absolute atomic E-state index is 6.36. The summed E-state index contributed by atoms with van der Waals surface area (Å²) in [5, 5.41) is 0.709. The Morgan fingerprint density at radius 1 is 1.16 bits per heavy atom. The van der Waals surface area contributed by atoms with Gasteiger partial charge in [-0.25, -0.2) is 0 Å². The number of imidazole rings is 1. The van der Waals surface area contributed by atoms with Crippen molar-refractivity contribution < 1.29 is 0 Å². The number of hydrogen-bond acceptors (Lipinski definition) is 1. The van der Waals surface area contributed by atoms with Crippen molar-refractivity contribution in [2.45, 2.75) is 13.8 Å². The third kappa shape index (κ3) is 1.99. The van der Waals surface area contributed by atoms with E-state index in [1.807, 2.05) is 41.8 Å². The van der Waals surface area contributed by atoms with E-state index in [0.717, 1.165) is 22.3 Å². The Labute approximate surface area is 121 Å². The zero-order valence-electron chi connectivity index (χ0n) is 10.7. The molecule has 2 aromatic carbocycles. The van der Waals surface area contributed by atoms with Gasteiger partial charge in [0.15, 0.2) is 4.77 Å². The molecular formula is C15H13ClN2S. The minimum atomic E-state index is 0.662. The van der Waals surface area contributed by atoms with Crippen molar-refractivity contribution in [3.05, 3.63) is 57.3 Å². The molecule has 0 aliphatic carbocycles. The van der Waals surface area contributed by atoms with Crippen molar-refractivity contribution in [3.8, 4) is 5.69 Å². The van der Waals surface area contributed by atoms with E-state index in [4.69, 9.17) is 23.8 Å². The van der Waals surface area contributed by atoms with Crippen LogP contribution in [-0.2, 0) is 0 Å². The zero-order valence-corrected chi connectivity index (χ0v) is 12.3. The van der Waals surface area contributed by atoms with Crippen LogP contribution in [0.1, 0.15) is 11.1 Å². The van der Waals surface area contributed by atoms with Gasteiger partial charge in [-0.1, -0.05) is 29.8 Å². The first-order valence-electron chi connectivity index (χ1n) is 6.05. The predicted molar refractivity (Wildman–Crippen MR) is 82.9 cm³/mol. The van der Waals surface area contributed by atoms with Crippen LogP contribution < -0.4 is 0 Å². The molecule has 0 bridgehead atoms. The molecule has 2 nitrogen and oxygen atoms in total. The Morgan fingerprint density at radius 3 is 2.68 bits per heavy atom. The van der Waals surface area contributed by atoms with E-state index in [1.165, 1.54) is 5.56 Å². The van der Waals surface area contributed by atoms with Gasteiger partial charge in [-0.3, -0.25) is 4.57 Å². The first kappa shape index (κ1) is 12.5. The number of halogens is 1. The molecule has 19 heavy (non-hydrogen) atoms. The van der Waals surface area contributed by atoms with E-state index in [-0.39, 0.29) is 0 Å². The molecule has 0 unspecified atom stereocenters. The fourth-order valence-electron chi connectivity index (χ4n) is 2.35. The van der Waals surface area contributed by atoms with Crippen LogP contribution >= 0.6 is 23.8 Å². The zero-order chi connectivity index (χ0) is 13.6. The largest absolute Gasteiger partial charge is 0.330 e. The summed E-state index contributed by atoms with van der Waals surface area (Å²) >= 11 is 11.8. The molecule has 1 heterocycles. The lowest BCUT2D eigenvalue weighted by Gasteiger charge is -2.09. The summed E-state index contributed by atoms with van der Waals surface area (Å²) in [6.07, 6.45) is 0. The summed E-state index contributed by atoms with van der Waals surface area (Å²) in [5.74, 6) is 0. The molecule has 1 aromatic heterocycles. The third-order valence-corrected chi connectivity index (χ3v) is 3.84.